The Labute approximate surface area is 83.2 Å². The standard InChI is InChI=1S/C8H15NO4S/c1-2-14(12,13)6-3-4-8(9,5-6)7(10)11/h6H,2-5,9H2,1H3,(H,10,11)/t6-,8-/m1/s1. The Morgan fingerprint density at radius 2 is 2.21 bits per heavy atom. The first kappa shape index (κ1) is 11.5. The van der Waals surface area contributed by atoms with E-state index in [1.165, 1.54) is 0 Å². The molecule has 82 valence electrons. The van der Waals surface area contributed by atoms with E-state index in [-0.39, 0.29) is 18.6 Å². The third-order valence-electron chi connectivity index (χ3n) is 2.84. The molecule has 1 fully saturated rings. The van der Waals surface area contributed by atoms with E-state index in [0.717, 1.165) is 0 Å². The van der Waals surface area contributed by atoms with Crippen LogP contribution in [0.15, 0.2) is 0 Å². The minimum Gasteiger partial charge on any atom is -0.480 e. The number of aliphatic carboxylic acids is 1. The van der Waals surface area contributed by atoms with Crippen molar-refractivity contribution in [1.82, 2.24) is 0 Å². The van der Waals surface area contributed by atoms with Gasteiger partial charge in [0.2, 0.25) is 0 Å². The molecule has 1 aliphatic carbocycles. The molecule has 0 unspecified atom stereocenters. The second-order valence-electron chi connectivity index (χ2n) is 3.78. The first-order valence-electron chi connectivity index (χ1n) is 4.55. The average molecular weight is 221 g/mol. The van der Waals surface area contributed by atoms with Gasteiger partial charge >= 0.3 is 5.97 Å². The number of rotatable bonds is 3. The fourth-order valence-electron chi connectivity index (χ4n) is 1.77. The minimum atomic E-state index is -3.15. The topological polar surface area (TPSA) is 97.5 Å². The fraction of sp³-hybridized carbons (Fsp3) is 0.875. The molecule has 0 aliphatic heterocycles. The molecule has 1 rings (SSSR count). The van der Waals surface area contributed by atoms with Gasteiger partial charge in [-0.3, -0.25) is 4.79 Å². The van der Waals surface area contributed by atoms with Crippen LogP contribution in [0.5, 0.6) is 0 Å². The highest BCUT2D eigenvalue weighted by Crippen LogP contribution is 2.32. The van der Waals surface area contributed by atoms with Crippen LogP contribution < -0.4 is 5.73 Å². The van der Waals surface area contributed by atoms with E-state index in [0.29, 0.717) is 6.42 Å². The van der Waals surface area contributed by atoms with Crippen molar-refractivity contribution in [2.24, 2.45) is 5.73 Å². The van der Waals surface area contributed by atoms with Gasteiger partial charge in [0.1, 0.15) is 5.54 Å². The highest BCUT2D eigenvalue weighted by Gasteiger charge is 2.46. The number of hydrogen-bond donors (Lipinski definition) is 2. The predicted octanol–water partition coefficient (Wildman–Crippen LogP) is -0.244. The molecule has 0 aromatic rings. The summed E-state index contributed by atoms with van der Waals surface area (Å²) in [6, 6.07) is 0. The Bertz CT molecular complexity index is 337. The molecule has 0 radical (unpaired) electrons. The van der Waals surface area contributed by atoms with Crippen molar-refractivity contribution in [2.45, 2.75) is 37.0 Å². The van der Waals surface area contributed by atoms with Crippen molar-refractivity contribution in [3.63, 3.8) is 0 Å². The third kappa shape index (κ3) is 1.90. The Balaban J connectivity index is 2.81. The normalized spacial score (nSPS) is 33.1. The van der Waals surface area contributed by atoms with E-state index in [1.807, 2.05) is 0 Å². The van der Waals surface area contributed by atoms with Gasteiger partial charge in [0, 0.05) is 5.75 Å². The Hall–Kier alpha value is -0.620. The van der Waals surface area contributed by atoms with Crippen molar-refractivity contribution in [2.75, 3.05) is 5.75 Å². The van der Waals surface area contributed by atoms with Gasteiger partial charge in [-0.2, -0.15) is 0 Å². The maximum Gasteiger partial charge on any atom is 0.323 e. The number of carbonyl (C=O) groups is 1. The predicted molar refractivity (Wildman–Crippen MR) is 51.7 cm³/mol. The van der Waals surface area contributed by atoms with Crippen LogP contribution in [0.3, 0.4) is 0 Å². The summed E-state index contributed by atoms with van der Waals surface area (Å²) in [5, 5.41) is 8.23. The summed E-state index contributed by atoms with van der Waals surface area (Å²) in [5.74, 6) is -1.06. The molecule has 0 amide bonds. The molecular formula is C8H15NO4S. The van der Waals surface area contributed by atoms with Crippen LogP contribution in [-0.4, -0.2) is 36.0 Å². The molecule has 0 bridgehead atoms. The van der Waals surface area contributed by atoms with Gasteiger partial charge in [-0.1, -0.05) is 6.92 Å². The quantitative estimate of drug-likeness (QED) is 0.685. The number of carboxylic acid groups (broad SMARTS) is 1. The Morgan fingerprint density at radius 1 is 1.64 bits per heavy atom. The summed E-state index contributed by atoms with van der Waals surface area (Å²) in [4.78, 5) is 10.8. The summed E-state index contributed by atoms with van der Waals surface area (Å²) in [6.45, 7) is 1.56. The van der Waals surface area contributed by atoms with Crippen molar-refractivity contribution in [1.29, 1.82) is 0 Å². The van der Waals surface area contributed by atoms with Crippen LogP contribution in [0, 0.1) is 0 Å². The van der Waals surface area contributed by atoms with Gasteiger partial charge in [0.25, 0.3) is 0 Å². The van der Waals surface area contributed by atoms with E-state index >= 15 is 0 Å². The van der Waals surface area contributed by atoms with E-state index in [4.69, 9.17) is 10.8 Å². The Kier molecular flexibility index (Phi) is 2.87. The lowest BCUT2D eigenvalue weighted by molar-refractivity contribution is -0.143. The molecule has 1 saturated carbocycles. The molecule has 3 N–H and O–H groups in total. The minimum absolute atomic E-state index is 0.0402. The number of hydrogen-bond acceptors (Lipinski definition) is 4. The second kappa shape index (κ2) is 3.51. The third-order valence-corrected chi connectivity index (χ3v) is 5.06. The number of sulfone groups is 1. The van der Waals surface area contributed by atoms with Crippen LogP contribution in [-0.2, 0) is 14.6 Å². The zero-order valence-electron chi connectivity index (χ0n) is 8.06. The monoisotopic (exact) mass is 221 g/mol. The molecule has 5 nitrogen and oxygen atoms in total. The molecule has 0 spiro atoms. The zero-order chi connectivity index (χ0) is 11.0. The molecule has 0 aromatic heterocycles. The second-order valence-corrected chi connectivity index (χ2v) is 6.35. The number of carboxylic acids is 1. The SMILES string of the molecule is CCS(=O)(=O)[C@@H]1CC[C@](N)(C(=O)O)C1. The summed E-state index contributed by atoms with van der Waals surface area (Å²) in [6.07, 6.45) is 0.643. The van der Waals surface area contributed by atoms with E-state index in [9.17, 15) is 13.2 Å². The summed E-state index contributed by atoms with van der Waals surface area (Å²) in [5.41, 5.74) is 4.24. The van der Waals surface area contributed by atoms with E-state index in [2.05, 4.69) is 0 Å². The summed E-state index contributed by atoms with van der Waals surface area (Å²) < 4.78 is 22.9. The maximum atomic E-state index is 11.5. The molecule has 0 aromatic carbocycles. The van der Waals surface area contributed by atoms with Crippen LogP contribution in [0.1, 0.15) is 26.2 Å². The number of nitrogens with two attached hydrogens (primary N) is 1. The van der Waals surface area contributed by atoms with E-state index < -0.39 is 26.6 Å². The molecular weight excluding hydrogens is 206 g/mol. The first-order chi connectivity index (χ1) is 6.32. The molecule has 0 saturated heterocycles. The molecule has 1 aliphatic rings. The first-order valence-corrected chi connectivity index (χ1v) is 6.27. The van der Waals surface area contributed by atoms with Crippen molar-refractivity contribution in [3.8, 4) is 0 Å². The van der Waals surface area contributed by atoms with Gasteiger partial charge < -0.3 is 10.8 Å². The highest BCUT2D eigenvalue weighted by molar-refractivity contribution is 7.92. The fourth-order valence-corrected chi connectivity index (χ4v) is 3.27. The average Bonchev–Trinajstić information content (AvgIpc) is 2.50. The molecule has 0 heterocycles. The van der Waals surface area contributed by atoms with Crippen LogP contribution in [0.25, 0.3) is 0 Å². The van der Waals surface area contributed by atoms with Gasteiger partial charge in [0.15, 0.2) is 9.84 Å². The van der Waals surface area contributed by atoms with Gasteiger partial charge in [-0.25, -0.2) is 8.42 Å². The van der Waals surface area contributed by atoms with Gasteiger partial charge in [-0.15, -0.1) is 0 Å². The zero-order valence-corrected chi connectivity index (χ0v) is 8.88. The summed E-state index contributed by atoms with van der Waals surface area (Å²) in [7, 11) is -3.15. The highest BCUT2D eigenvalue weighted by atomic mass is 32.2. The molecule has 6 heteroatoms. The largest absolute Gasteiger partial charge is 0.480 e. The summed E-state index contributed by atoms with van der Waals surface area (Å²) >= 11 is 0. The van der Waals surface area contributed by atoms with Gasteiger partial charge in [0.05, 0.1) is 5.25 Å². The smallest absolute Gasteiger partial charge is 0.323 e. The lowest BCUT2D eigenvalue weighted by atomic mass is 10.0. The lowest BCUT2D eigenvalue weighted by Gasteiger charge is -2.17. The van der Waals surface area contributed by atoms with Crippen molar-refractivity contribution in [3.05, 3.63) is 0 Å². The lowest BCUT2D eigenvalue weighted by Crippen LogP contribution is -2.46. The van der Waals surface area contributed by atoms with Gasteiger partial charge in [-0.05, 0) is 19.3 Å². The Morgan fingerprint density at radius 3 is 2.57 bits per heavy atom. The van der Waals surface area contributed by atoms with Crippen LogP contribution >= 0.6 is 0 Å². The maximum absolute atomic E-state index is 11.5. The van der Waals surface area contributed by atoms with Crippen LogP contribution in [0.4, 0.5) is 0 Å². The van der Waals surface area contributed by atoms with E-state index in [1.54, 1.807) is 6.92 Å². The molecule has 2 atom stereocenters. The van der Waals surface area contributed by atoms with Crippen molar-refractivity contribution < 1.29 is 18.3 Å². The van der Waals surface area contributed by atoms with Crippen molar-refractivity contribution >= 4 is 15.8 Å². The van der Waals surface area contributed by atoms with Crippen LogP contribution in [0.2, 0.25) is 0 Å². The molecule has 14 heavy (non-hydrogen) atoms.